The van der Waals surface area contributed by atoms with Crippen LogP contribution >= 0.6 is 0 Å². The van der Waals surface area contributed by atoms with Gasteiger partial charge < -0.3 is 0 Å². The number of ketones is 1. The highest BCUT2D eigenvalue weighted by Crippen LogP contribution is 2.07. The molecule has 0 amide bonds. The Morgan fingerprint density at radius 3 is 2.12 bits per heavy atom. The van der Waals surface area contributed by atoms with Crippen molar-refractivity contribution < 1.29 is 13.6 Å². The summed E-state index contributed by atoms with van der Waals surface area (Å²) in [4.78, 5) is 9.96. The first kappa shape index (κ1) is 7.53. The van der Waals surface area contributed by atoms with Crippen molar-refractivity contribution in [3.8, 4) is 0 Å². The number of Topliss-reactive ketones (excluding diaryl/α,β-unsaturated/α-hetero) is 1. The Hall–Kier alpha value is -0.470. The molecule has 0 heterocycles. The molecule has 0 aromatic rings. The van der Waals surface area contributed by atoms with Crippen LogP contribution in [0.2, 0.25) is 0 Å². The molecule has 0 fully saturated rings. The van der Waals surface area contributed by atoms with E-state index < -0.39 is 12.2 Å². The molecule has 0 unspecified atom stereocenters. The smallest absolute Gasteiger partial charge is 0.293 e. The van der Waals surface area contributed by atoms with Crippen LogP contribution < -0.4 is 0 Å². The van der Waals surface area contributed by atoms with Gasteiger partial charge in [0.2, 0.25) is 5.78 Å². The van der Waals surface area contributed by atoms with Crippen LogP contribution in [-0.4, -0.2) is 5.78 Å². The minimum atomic E-state index is -2.08. The van der Waals surface area contributed by atoms with Crippen molar-refractivity contribution in [2.75, 3.05) is 0 Å². The summed E-state index contributed by atoms with van der Waals surface area (Å²) in [5.74, 6) is -1.03. The van der Waals surface area contributed by atoms with E-state index in [0.29, 0.717) is 6.42 Å². The van der Waals surface area contributed by atoms with Gasteiger partial charge in [-0.05, 0) is 6.42 Å². The highest BCUT2D eigenvalue weighted by atomic mass is 19.3. The second-order valence-corrected chi connectivity index (χ2v) is 1.43. The maximum absolute atomic E-state index is 11.2. The molecule has 0 aromatic heterocycles. The van der Waals surface area contributed by atoms with Gasteiger partial charge in [0, 0.05) is 6.42 Å². The molecular weight excluding hydrogens is 114 g/mol. The van der Waals surface area contributed by atoms with Crippen LogP contribution in [-0.2, 0) is 4.79 Å². The summed E-state index contributed by atoms with van der Waals surface area (Å²) >= 11 is 0. The number of hydrogen-bond acceptors (Lipinski definition) is 1. The Kier molecular flexibility index (Phi) is 3.31. The predicted molar refractivity (Wildman–Crippen MR) is 25.4 cm³/mol. The van der Waals surface area contributed by atoms with Gasteiger partial charge in [0.1, 0.15) is 0 Å². The Morgan fingerprint density at radius 1 is 1.50 bits per heavy atom. The summed E-state index contributed by atoms with van der Waals surface area (Å²) in [5, 5.41) is 0. The van der Waals surface area contributed by atoms with Gasteiger partial charge in [-0.25, -0.2) is 0 Å². The van der Waals surface area contributed by atoms with E-state index in [0.717, 1.165) is 0 Å². The summed E-state index contributed by atoms with van der Waals surface area (Å²) < 4.78 is 22.4. The molecule has 0 bridgehead atoms. The van der Waals surface area contributed by atoms with Crippen molar-refractivity contribution in [2.45, 2.75) is 19.8 Å². The molecule has 0 N–H and O–H groups in total. The fraction of sp³-hybridized carbons (Fsp3) is 0.600. The zero-order chi connectivity index (χ0) is 6.57. The van der Waals surface area contributed by atoms with E-state index in [1.807, 2.05) is 0 Å². The van der Waals surface area contributed by atoms with Gasteiger partial charge >= 0.3 is 6.43 Å². The minimum Gasteiger partial charge on any atom is -0.293 e. The van der Waals surface area contributed by atoms with Crippen LogP contribution in [0.5, 0.6) is 0 Å². The van der Waals surface area contributed by atoms with E-state index in [4.69, 9.17) is 0 Å². The zero-order valence-corrected chi connectivity index (χ0v) is 4.58. The number of carbonyl (C=O) groups is 1. The molecule has 0 atom stereocenters. The molecule has 0 saturated carbocycles. The Labute approximate surface area is 46.7 Å². The van der Waals surface area contributed by atoms with Gasteiger partial charge in [-0.15, -0.1) is 0 Å². The quantitative estimate of drug-likeness (QED) is 0.556. The van der Waals surface area contributed by atoms with E-state index in [1.54, 1.807) is 6.92 Å². The highest BCUT2D eigenvalue weighted by molar-refractivity contribution is 5.87. The molecule has 8 heavy (non-hydrogen) atoms. The van der Waals surface area contributed by atoms with Crippen molar-refractivity contribution >= 4 is 5.78 Å². The van der Waals surface area contributed by atoms with Gasteiger partial charge in [0.05, 0.1) is 0 Å². The average molecular weight is 121 g/mol. The van der Waals surface area contributed by atoms with Crippen LogP contribution in [0.3, 0.4) is 0 Å². The lowest BCUT2D eigenvalue weighted by atomic mass is 10.2. The summed E-state index contributed by atoms with van der Waals surface area (Å²) in [6, 6.07) is 0. The van der Waals surface area contributed by atoms with Gasteiger partial charge in [-0.3, -0.25) is 4.79 Å². The van der Waals surface area contributed by atoms with E-state index in [2.05, 4.69) is 0 Å². The number of rotatable bonds is 3. The first-order chi connectivity index (χ1) is 3.68. The molecule has 3 heteroatoms. The van der Waals surface area contributed by atoms with E-state index >= 15 is 0 Å². The van der Waals surface area contributed by atoms with Crippen LogP contribution in [0.1, 0.15) is 19.8 Å². The molecule has 47 valence electrons. The molecule has 0 aliphatic carbocycles. The fourth-order valence-electron chi connectivity index (χ4n) is 0.322. The molecule has 0 aromatic carbocycles. The third-order valence-corrected chi connectivity index (χ3v) is 0.688. The molecule has 0 aliphatic heterocycles. The van der Waals surface area contributed by atoms with E-state index in [-0.39, 0.29) is 6.42 Å². The second kappa shape index (κ2) is 3.52. The van der Waals surface area contributed by atoms with Gasteiger partial charge in [-0.2, -0.15) is 8.78 Å². The molecule has 0 spiro atoms. The van der Waals surface area contributed by atoms with Crippen LogP contribution in [0.25, 0.3) is 0 Å². The van der Waals surface area contributed by atoms with Crippen LogP contribution in [0.15, 0.2) is 0 Å². The third kappa shape index (κ3) is 2.66. The van der Waals surface area contributed by atoms with E-state index in [9.17, 15) is 13.6 Å². The van der Waals surface area contributed by atoms with Crippen molar-refractivity contribution in [1.82, 2.24) is 0 Å². The second-order valence-electron chi connectivity index (χ2n) is 1.43. The largest absolute Gasteiger partial charge is 0.374 e. The molecule has 1 nitrogen and oxygen atoms in total. The summed E-state index contributed by atoms with van der Waals surface area (Å²) in [7, 11) is 0. The van der Waals surface area contributed by atoms with Gasteiger partial charge in [-0.1, -0.05) is 6.92 Å². The SMILES string of the molecule is CCCC(=O)[C](F)F. The normalized spacial score (nSPS) is 10.0. The average Bonchev–Trinajstić information content (AvgIpc) is 1.67. The monoisotopic (exact) mass is 121 g/mol. The predicted octanol–water partition coefficient (Wildman–Crippen LogP) is 1.78. The van der Waals surface area contributed by atoms with Crippen molar-refractivity contribution in [3.05, 3.63) is 6.43 Å². The third-order valence-electron chi connectivity index (χ3n) is 0.688. The van der Waals surface area contributed by atoms with Crippen molar-refractivity contribution in [1.29, 1.82) is 0 Å². The molecule has 1 radical (unpaired) electrons. The Balaban J connectivity index is 3.33. The van der Waals surface area contributed by atoms with Gasteiger partial charge in [0.25, 0.3) is 0 Å². The van der Waals surface area contributed by atoms with Crippen molar-refractivity contribution in [2.24, 2.45) is 0 Å². The van der Waals surface area contributed by atoms with Gasteiger partial charge in [0.15, 0.2) is 0 Å². The lowest BCUT2D eigenvalue weighted by molar-refractivity contribution is -0.122. The lowest BCUT2D eigenvalue weighted by Crippen LogP contribution is -2.00. The zero-order valence-electron chi connectivity index (χ0n) is 4.58. The Morgan fingerprint density at radius 2 is 2.00 bits per heavy atom. The molecular formula is C5H7F2O. The highest BCUT2D eigenvalue weighted by Gasteiger charge is 2.15. The summed E-state index contributed by atoms with van der Waals surface area (Å²) in [6.07, 6.45) is -1.63. The topological polar surface area (TPSA) is 17.1 Å². The van der Waals surface area contributed by atoms with Crippen molar-refractivity contribution in [3.63, 3.8) is 0 Å². The maximum Gasteiger partial charge on any atom is 0.374 e. The number of halogens is 2. The Bertz CT molecular complexity index is 80.5. The standard InChI is InChI=1S/C5H7F2O/c1-2-3-4(8)5(6)7/h2-3H2,1H3. The van der Waals surface area contributed by atoms with Crippen LogP contribution in [0, 0.1) is 6.43 Å². The fourth-order valence-corrected chi connectivity index (χ4v) is 0.322. The molecule has 0 saturated heterocycles. The lowest BCUT2D eigenvalue weighted by Gasteiger charge is -1.89. The number of hydrogen-bond donors (Lipinski definition) is 0. The summed E-state index contributed by atoms with van der Waals surface area (Å²) in [5.41, 5.74) is 0. The first-order valence-corrected chi connectivity index (χ1v) is 2.39. The summed E-state index contributed by atoms with van der Waals surface area (Å²) in [6.45, 7) is 1.68. The number of carbonyl (C=O) groups excluding carboxylic acids is 1. The molecule has 0 rings (SSSR count). The van der Waals surface area contributed by atoms with E-state index in [1.165, 1.54) is 0 Å². The first-order valence-electron chi connectivity index (χ1n) is 2.39. The molecule has 0 aliphatic rings. The maximum atomic E-state index is 11.2. The minimum absolute atomic E-state index is 0.0394. The van der Waals surface area contributed by atoms with Crippen LogP contribution in [0.4, 0.5) is 8.78 Å².